The number of ether oxygens (including phenoxy) is 1. The summed E-state index contributed by atoms with van der Waals surface area (Å²) in [6, 6.07) is 13.9. The predicted octanol–water partition coefficient (Wildman–Crippen LogP) is 3.49. The minimum atomic E-state index is -0.578. The van der Waals surface area contributed by atoms with Crippen LogP contribution in [0.1, 0.15) is 24.2 Å². The van der Waals surface area contributed by atoms with E-state index < -0.39 is 18.5 Å². The van der Waals surface area contributed by atoms with Crippen molar-refractivity contribution < 1.29 is 23.5 Å². The SMILES string of the molecule is CC(C)CNC(=O)c1ccccc1NC(=O)COC(=O)CSc1nc2ccccc2o1. The molecule has 31 heavy (non-hydrogen) atoms. The molecule has 162 valence electrons. The molecular formula is C22H23N3O5S. The summed E-state index contributed by atoms with van der Waals surface area (Å²) >= 11 is 1.09. The topological polar surface area (TPSA) is 111 Å². The molecule has 1 heterocycles. The molecule has 2 aromatic carbocycles. The van der Waals surface area contributed by atoms with Gasteiger partial charge in [0.1, 0.15) is 11.3 Å². The number of rotatable bonds is 9. The fraction of sp³-hybridized carbons (Fsp3) is 0.273. The van der Waals surface area contributed by atoms with Crippen LogP contribution in [-0.4, -0.2) is 41.7 Å². The molecule has 0 fully saturated rings. The lowest BCUT2D eigenvalue weighted by molar-refractivity contribution is -0.144. The number of oxazole rings is 1. The predicted molar refractivity (Wildman–Crippen MR) is 118 cm³/mol. The highest BCUT2D eigenvalue weighted by molar-refractivity contribution is 7.99. The molecule has 1 aromatic heterocycles. The van der Waals surface area contributed by atoms with Gasteiger partial charge in [-0.05, 0) is 30.2 Å². The van der Waals surface area contributed by atoms with E-state index in [-0.39, 0.29) is 11.7 Å². The Morgan fingerprint density at radius 1 is 1.10 bits per heavy atom. The van der Waals surface area contributed by atoms with Crippen LogP contribution in [0.3, 0.4) is 0 Å². The molecule has 2 N–H and O–H groups in total. The third-order valence-electron chi connectivity index (χ3n) is 4.07. The summed E-state index contributed by atoms with van der Waals surface area (Å²) in [7, 11) is 0. The maximum Gasteiger partial charge on any atom is 0.316 e. The number of anilines is 1. The molecule has 0 aliphatic carbocycles. The second-order valence-corrected chi connectivity index (χ2v) is 8.02. The molecule has 0 aliphatic rings. The quantitative estimate of drug-likeness (QED) is 0.386. The van der Waals surface area contributed by atoms with E-state index in [0.29, 0.717) is 40.0 Å². The summed E-state index contributed by atoms with van der Waals surface area (Å²) in [6.45, 7) is 4.04. The highest BCUT2D eigenvalue weighted by atomic mass is 32.2. The van der Waals surface area contributed by atoms with Crippen molar-refractivity contribution in [3.05, 3.63) is 54.1 Å². The number of carbonyl (C=O) groups is 3. The number of hydrogen-bond acceptors (Lipinski definition) is 7. The molecule has 0 saturated carbocycles. The van der Waals surface area contributed by atoms with Crippen LogP contribution in [0, 0.1) is 5.92 Å². The van der Waals surface area contributed by atoms with E-state index in [2.05, 4.69) is 15.6 Å². The van der Waals surface area contributed by atoms with Crippen molar-refractivity contribution in [2.24, 2.45) is 5.92 Å². The molecule has 8 nitrogen and oxygen atoms in total. The normalized spacial score (nSPS) is 10.8. The molecule has 0 unspecified atom stereocenters. The number of benzene rings is 2. The summed E-state index contributed by atoms with van der Waals surface area (Å²) in [5, 5.41) is 5.77. The van der Waals surface area contributed by atoms with E-state index in [4.69, 9.17) is 9.15 Å². The number of nitrogens with one attached hydrogen (secondary N) is 2. The van der Waals surface area contributed by atoms with Gasteiger partial charge in [0.25, 0.3) is 17.0 Å². The number of esters is 1. The molecule has 0 saturated heterocycles. The lowest BCUT2D eigenvalue weighted by atomic mass is 10.1. The fourth-order valence-electron chi connectivity index (χ4n) is 2.59. The molecular weight excluding hydrogens is 418 g/mol. The Balaban J connectivity index is 1.47. The zero-order chi connectivity index (χ0) is 22.2. The van der Waals surface area contributed by atoms with Gasteiger partial charge in [-0.3, -0.25) is 14.4 Å². The van der Waals surface area contributed by atoms with Crippen LogP contribution >= 0.6 is 11.8 Å². The third kappa shape index (κ3) is 6.58. The Kier molecular flexibility index (Phi) is 7.66. The van der Waals surface area contributed by atoms with Crippen molar-refractivity contribution in [1.29, 1.82) is 0 Å². The van der Waals surface area contributed by atoms with E-state index in [1.165, 1.54) is 0 Å². The van der Waals surface area contributed by atoms with E-state index in [0.717, 1.165) is 11.8 Å². The Morgan fingerprint density at radius 3 is 2.61 bits per heavy atom. The van der Waals surface area contributed by atoms with Gasteiger partial charge in [-0.2, -0.15) is 0 Å². The van der Waals surface area contributed by atoms with E-state index >= 15 is 0 Å². The monoisotopic (exact) mass is 441 g/mol. The zero-order valence-corrected chi connectivity index (χ0v) is 18.0. The van der Waals surface area contributed by atoms with Crippen LogP contribution in [-0.2, 0) is 14.3 Å². The van der Waals surface area contributed by atoms with Gasteiger partial charge in [0.05, 0.1) is 11.3 Å². The van der Waals surface area contributed by atoms with Crippen LogP contribution in [0.25, 0.3) is 11.1 Å². The summed E-state index contributed by atoms with van der Waals surface area (Å²) < 4.78 is 10.5. The van der Waals surface area contributed by atoms with Crippen LogP contribution in [0.2, 0.25) is 0 Å². The number of carbonyl (C=O) groups excluding carboxylic acids is 3. The Morgan fingerprint density at radius 2 is 1.84 bits per heavy atom. The molecule has 2 amide bonds. The summed E-state index contributed by atoms with van der Waals surface area (Å²) in [6.07, 6.45) is 0. The van der Waals surface area contributed by atoms with Crippen LogP contribution in [0.15, 0.2) is 58.2 Å². The molecule has 0 radical (unpaired) electrons. The molecule has 0 aliphatic heterocycles. The highest BCUT2D eigenvalue weighted by Gasteiger charge is 2.15. The largest absolute Gasteiger partial charge is 0.455 e. The third-order valence-corrected chi connectivity index (χ3v) is 4.87. The minimum Gasteiger partial charge on any atom is -0.455 e. The van der Waals surface area contributed by atoms with Crippen LogP contribution < -0.4 is 10.6 Å². The Bertz CT molecular complexity index is 1050. The van der Waals surface area contributed by atoms with Gasteiger partial charge in [0, 0.05) is 6.54 Å². The maximum absolute atomic E-state index is 12.3. The first-order valence-corrected chi connectivity index (χ1v) is 10.7. The average molecular weight is 442 g/mol. The first-order chi connectivity index (χ1) is 14.9. The van der Waals surface area contributed by atoms with Gasteiger partial charge in [-0.1, -0.05) is 49.9 Å². The zero-order valence-electron chi connectivity index (χ0n) is 17.2. The number of nitrogens with zero attached hydrogens (tertiary/aromatic N) is 1. The highest BCUT2D eigenvalue weighted by Crippen LogP contribution is 2.23. The molecule has 0 spiro atoms. The van der Waals surface area contributed by atoms with Gasteiger partial charge in [0.2, 0.25) is 0 Å². The number of hydrogen-bond donors (Lipinski definition) is 2. The molecule has 9 heteroatoms. The average Bonchev–Trinajstić information content (AvgIpc) is 3.18. The summed E-state index contributed by atoms with van der Waals surface area (Å²) in [5.41, 5.74) is 2.03. The molecule has 3 aromatic rings. The van der Waals surface area contributed by atoms with Crippen molar-refractivity contribution in [3.8, 4) is 0 Å². The first kappa shape index (κ1) is 22.4. The lowest BCUT2D eigenvalue weighted by Crippen LogP contribution is -2.29. The fourth-order valence-corrected chi connectivity index (χ4v) is 3.23. The number of fused-ring (bicyclic) bond motifs is 1. The van der Waals surface area contributed by atoms with Gasteiger partial charge in [-0.25, -0.2) is 4.98 Å². The van der Waals surface area contributed by atoms with Crippen LogP contribution in [0.5, 0.6) is 0 Å². The van der Waals surface area contributed by atoms with Gasteiger partial charge < -0.3 is 19.8 Å². The second-order valence-electron chi connectivity index (χ2n) is 7.09. The number of para-hydroxylation sites is 3. The van der Waals surface area contributed by atoms with Crippen molar-refractivity contribution in [1.82, 2.24) is 10.3 Å². The summed E-state index contributed by atoms with van der Waals surface area (Å²) in [4.78, 5) is 40.7. The second kappa shape index (κ2) is 10.6. The van der Waals surface area contributed by atoms with Crippen molar-refractivity contribution in [2.75, 3.05) is 24.2 Å². The van der Waals surface area contributed by atoms with E-state index in [9.17, 15) is 14.4 Å². The molecule has 0 atom stereocenters. The van der Waals surface area contributed by atoms with E-state index in [1.54, 1.807) is 30.3 Å². The van der Waals surface area contributed by atoms with Crippen molar-refractivity contribution in [2.45, 2.75) is 19.1 Å². The van der Waals surface area contributed by atoms with Gasteiger partial charge in [0.15, 0.2) is 12.2 Å². The molecule has 3 rings (SSSR count). The first-order valence-electron chi connectivity index (χ1n) is 9.73. The number of amides is 2. The smallest absolute Gasteiger partial charge is 0.316 e. The van der Waals surface area contributed by atoms with Crippen LogP contribution in [0.4, 0.5) is 5.69 Å². The Labute approximate surface area is 183 Å². The maximum atomic E-state index is 12.3. The van der Waals surface area contributed by atoms with Crippen molar-refractivity contribution in [3.63, 3.8) is 0 Å². The van der Waals surface area contributed by atoms with Gasteiger partial charge in [-0.15, -0.1) is 0 Å². The number of aromatic nitrogens is 1. The minimum absolute atomic E-state index is 0.0473. The Hall–Kier alpha value is -3.33. The lowest BCUT2D eigenvalue weighted by Gasteiger charge is -2.12. The summed E-state index contributed by atoms with van der Waals surface area (Å²) in [5.74, 6) is -1.14. The van der Waals surface area contributed by atoms with Gasteiger partial charge >= 0.3 is 5.97 Å². The molecule has 0 bridgehead atoms. The standard InChI is InChI=1S/C22H23N3O5S/c1-14(2)11-23-21(28)15-7-3-4-8-16(15)24-19(26)12-29-20(27)13-31-22-25-17-9-5-6-10-18(17)30-22/h3-10,14H,11-13H2,1-2H3,(H,23,28)(H,24,26). The van der Waals surface area contributed by atoms with Crippen molar-refractivity contribution >= 4 is 46.3 Å². The number of thioether (sulfide) groups is 1. The van der Waals surface area contributed by atoms with E-state index in [1.807, 2.05) is 32.0 Å².